The summed E-state index contributed by atoms with van der Waals surface area (Å²) in [4.78, 5) is 22.3. The summed E-state index contributed by atoms with van der Waals surface area (Å²) < 4.78 is 10.9. The van der Waals surface area contributed by atoms with E-state index in [4.69, 9.17) is 9.15 Å². The summed E-state index contributed by atoms with van der Waals surface area (Å²) in [6.45, 7) is 2.10. The smallest absolute Gasteiger partial charge is 0.336 e. The van der Waals surface area contributed by atoms with Gasteiger partial charge in [0.2, 0.25) is 0 Å². The van der Waals surface area contributed by atoms with Crippen molar-refractivity contribution in [2.45, 2.75) is 26.4 Å². The van der Waals surface area contributed by atoms with Crippen LogP contribution in [0.5, 0.6) is 5.75 Å². The topological polar surface area (TPSA) is 82.6 Å². The number of rotatable bonds is 6. The Morgan fingerprint density at radius 2 is 1.92 bits per heavy atom. The number of nitrogens with zero attached hydrogens (tertiary/aromatic N) is 1. The Morgan fingerprint density at radius 1 is 1.12 bits per heavy atom. The third-order valence-corrected chi connectivity index (χ3v) is 3.90. The first-order valence-electron chi connectivity index (χ1n) is 8.00. The van der Waals surface area contributed by atoms with Crippen molar-refractivity contribution in [3.63, 3.8) is 0 Å². The quantitative estimate of drug-likeness (QED) is 0.381. The van der Waals surface area contributed by atoms with Gasteiger partial charge in [-0.15, -0.1) is 0 Å². The average Bonchev–Trinajstić information content (AvgIpc) is 2.60. The van der Waals surface area contributed by atoms with Crippen LogP contribution in [0.3, 0.4) is 0 Å². The van der Waals surface area contributed by atoms with E-state index in [0.29, 0.717) is 16.9 Å². The van der Waals surface area contributed by atoms with Crippen molar-refractivity contribution in [1.82, 2.24) is 0 Å². The Labute approximate surface area is 143 Å². The second kappa shape index (κ2) is 7.17. The fourth-order valence-electron chi connectivity index (χ4n) is 2.75. The van der Waals surface area contributed by atoms with Crippen molar-refractivity contribution in [2.75, 3.05) is 0 Å². The third kappa shape index (κ3) is 3.68. The van der Waals surface area contributed by atoms with E-state index in [1.54, 1.807) is 30.3 Å². The zero-order chi connectivity index (χ0) is 17.8. The second-order valence-electron chi connectivity index (χ2n) is 5.67. The summed E-state index contributed by atoms with van der Waals surface area (Å²) in [6, 6.07) is 13.2. The van der Waals surface area contributed by atoms with E-state index in [1.807, 2.05) is 13.0 Å². The number of nitro benzene ring substituents is 1. The lowest BCUT2D eigenvalue weighted by Gasteiger charge is -2.09. The zero-order valence-corrected chi connectivity index (χ0v) is 13.7. The first-order valence-corrected chi connectivity index (χ1v) is 8.00. The maximum atomic E-state index is 11.7. The summed E-state index contributed by atoms with van der Waals surface area (Å²) in [7, 11) is 0. The lowest BCUT2D eigenvalue weighted by atomic mass is 10.1. The van der Waals surface area contributed by atoms with Gasteiger partial charge in [0.25, 0.3) is 5.69 Å². The van der Waals surface area contributed by atoms with Crippen molar-refractivity contribution >= 4 is 16.7 Å². The van der Waals surface area contributed by atoms with E-state index in [9.17, 15) is 14.9 Å². The molecule has 0 aliphatic carbocycles. The molecule has 3 rings (SSSR count). The van der Waals surface area contributed by atoms with Crippen molar-refractivity contribution in [3.05, 3.63) is 80.2 Å². The summed E-state index contributed by atoms with van der Waals surface area (Å²) in [5, 5.41) is 11.9. The van der Waals surface area contributed by atoms with Gasteiger partial charge in [-0.05, 0) is 30.2 Å². The number of para-hydroxylation sites is 1. The number of fused-ring (bicyclic) bond motifs is 1. The minimum absolute atomic E-state index is 0.0139. The molecular formula is C19H17NO5. The van der Waals surface area contributed by atoms with Gasteiger partial charge in [0.15, 0.2) is 0 Å². The standard InChI is InChI=1S/C19H17NO5/c1-2-5-13-10-19(21)25-18-11-15(8-9-16(13)18)24-12-14-6-3-4-7-17(14)20(22)23/h3-4,6-11H,2,5,12H2,1H3. The molecule has 0 spiro atoms. The predicted octanol–water partition coefficient (Wildman–Crippen LogP) is 4.23. The minimum Gasteiger partial charge on any atom is -0.489 e. The van der Waals surface area contributed by atoms with Crippen LogP contribution in [0.2, 0.25) is 0 Å². The van der Waals surface area contributed by atoms with Crippen molar-refractivity contribution in [1.29, 1.82) is 0 Å². The Hall–Kier alpha value is -3.15. The average molecular weight is 339 g/mol. The summed E-state index contributed by atoms with van der Waals surface area (Å²) in [5.74, 6) is 0.488. The first kappa shape index (κ1) is 16.7. The molecule has 0 aliphatic heterocycles. The van der Waals surface area contributed by atoms with Gasteiger partial charge in [0.1, 0.15) is 17.9 Å². The lowest BCUT2D eigenvalue weighted by Crippen LogP contribution is -2.02. The molecule has 3 aromatic rings. The van der Waals surface area contributed by atoms with E-state index in [-0.39, 0.29) is 12.3 Å². The van der Waals surface area contributed by atoms with E-state index >= 15 is 0 Å². The zero-order valence-electron chi connectivity index (χ0n) is 13.7. The SMILES string of the molecule is CCCc1cc(=O)oc2cc(OCc3ccccc3[N+](=O)[O-])ccc12. The maximum Gasteiger partial charge on any atom is 0.336 e. The number of benzene rings is 2. The van der Waals surface area contributed by atoms with E-state index in [1.165, 1.54) is 12.1 Å². The molecule has 0 saturated heterocycles. The van der Waals surface area contributed by atoms with Gasteiger partial charge in [-0.2, -0.15) is 0 Å². The number of ether oxygens (including phenoxy) is 1. The Bertz CT molecular complexity index is 977. The molecule has 0 aliphatic rings. The highest BCUT2D eigenvalue weighted by Crippen LogP contribution is 2.25. The van der Waals surface area contributed by atoms with E-state index in [0.717, 1.165) is 23.8 Å². The van der Waals surface area contributed by atoms with Gasteiger partial charge in [-0.3, -0.25) is 10.1 Å². The molecule has 0 atom stereocenters. The molecule has 1 heterocycles. The molecular weight excluding hydrogens is 322 g/mol. The molecule has 0 saturated carbocycles. The van der Waals surface area contributed by atoms with Crippen LogP contribution in [0.1, 0.15) is 24.5 Å². The fourth-order valence-corrected chi connectivity index (χ4v) is 2.75. The van der Waals surface area contributed by atoms with Crippen molar-refractivity contribution in [3.8, 4) is 5.75 Å². The lowest BCUT2D eigenvalue weighted by molar-refractivity contribution is -0.385. The second-order valence-corrected chi connectivity index (χ2v) is 5.67. The fraction of sp³-hybridized carbons (Fsp3) is 0.211. The van der Waals surface area contributed by atoms with Gasteiger partial charge in [0.05, 0.1) is 10.5 Å². The molecule has 25 heavy (non-hydrogen) atoms. The van der Waals surface area contributed by atoms with Crippen LogP contribution >= 0.6 is 0 Å². The van der Waals surface area contributed by atoms with Gasteiger partial charge >= 0.3 is 5.63 Å². The van der Waals surface area contributed by atoms with Crippen molar-refractivity contribution in [2.24, 2.45) is 0 Å². The normalized spacial score (nSPS) is 10.8. The van der Waals surface area contributed by atoms with Gasteiger partial charge in [-0.1, -0.05) is 25.5 Å². The van der Waals surface area contributed by atoms with Crippen LogP contribution in [0, 0.1) is 10.1 Å². The van der Waals surface area contributed by atoms with Crippen LogP contribution < -0.4 is 10.4 Å². The molecule has 0 unspecified atom stereocenters. The highest BCUT2D eigenvalue weighted by Gasteiger charge is 2.13. The minimum atomic E-state index is -0.435. The molecule has 0 radical (unpaired) electrons. The number of hydrogen-bond donors (Lipinski definition) is 0. The number of hydrogen-bond acceptors (Lipinski definition) is 5. The Kier molecular flexibility index (Phi) is 4.79. The molecule has 0 N–H and O–H groups in total. The molecule has 0 amide bonds. The molecule has 128 valence electrons. The van der Waals surface area contributed by atoms with Gasteiger partial charge in [0, 0.05) is 23.6 Å². The first-order chi connectivity index (χ1) is 12.1. The number of nitro groups is 1. The highest BCUT2D eigenvalue weighted by atomic mass is 16.6. The van der Waals surface area contributed by atoms with Crippen LogP contribution in [-0.2, 0) is 13.0 Å². The molecule has 6 heteroatoms. The summed E-state index contributed by atoms with van der Waals surface area (Å²) in [5.41, 5.74) is 1.50. The van der Waals surface area contributed by atoms with E-state index in [2.05, 4.69) is 0 Å². The number of aryl methyl sites for hydroxylation is 1. The monoisotopic (exact) mass is 339 g/mol. The van der Waals surface area contributed by atoms with Crippen LogP contribution in [-0.4, -0.2) is 4.92 Å². The molecule has 0 bridgehead atoms. The highest BCUT2D eigenvalue weighted by molar-refractivity contribution is 5.81. The third-order valence-electron chi connectivity index (χ3n) is 3.90. The maximum absolute atomic E-state index is 11.7. The molecule has 6 nitrogen and oxygen atoms in total. The van der Waals surface area contributed by atoms with E-state index < -0.39 is 10.5 Å². The predicted molar refractivity (Wildman–Crippen MR) is 93.9 cm³/mol. The summed E-state index contributed by atoms with van der Waals surface area (Å²) >= 11 is 0. The largest absolute Gasteiger partial charge is 0.489 e. The van der Waals surface area contributed by atoms with Gasteiger partial charge < -0.3 is 9.15 Å². The molecule has 1 aromatic heterocycles. The van der Waals surface area contributed by atoms with Crippen LogP contribution in [0.4, 0.5) is 5.69 Å². The van der Waals surface area contributed by atoms with Gasteiger partial charge in [-0.25, -0.2) is 4.79 Å². The van der Waals surface area contributed by atoms with Crippen molar-refractivity contribution < 1.29 is 14.1 Å². The Balaban J connectivity index is 1.88. The van der Waals surface area contributed by atoms with Crippen LogP contribution in [0.25, 0.3) is 11.0 Å². The molecule has 0 fully saturated rings. The summed E-state index contributed by atoms with van der Waals surface area (Å²) in [6.07, 6.45) is 1.72. The van der Waals surface area contributed by atoms with Crippen LogP contribution in [0.15, 0.2) is 57.7 Å². The molecule has 2 aromatic carbocycles. The Morgan fingerprint density at radius 3 is 2.68 bits per heavy atom.